The van der Waals surface area contributed by atoms with Gasteiger partial charge in [0.1, 0.15) is 11.5 Å². The molecule has 0 saturated heterocycles. The van der Waals surface area contributed by atoms with Crippen molar-refractivity contribution in [3.63, 3.8) is 0 Å². The van der Waals surface area contributed by atoms with Gasteiger partial charge in [0, 0.05) is 11.1 Å². The van der Waals surface area contributed by atoms with Crippen molar-refractivity contribution in [2.75, 3.05) is 20.5 Å². The van der Waals surface area contributed by atoms with Crippen LogP contribution in [0.5, 0.6) is 11.5 Å². The summed E-state index contributed by atoms with van der Waals surface area (Å²) in [5, 5.41) is 0. The molecular weight excluding hydrogens is 222 g/mol. The third-order valence-corrected chi connectivity index (χ3v) is 3.16. The highest BCUT2D eigenvalue weighted by atomic mass is 32.2. The predicted octanol–water partition coefficient (Wildman–Crippen LogP) is 2.62. The van der Waals surface area contributed by atoms with Crippen molar-refractivity contribution < 1.29 is 9.47 Å². The van der Waals surface area contributed by atoms with Crippen molar-refractivity contribution in [1.82, 2.24) is 0 Å². The summed E-state index contributed by atoms with van der Waals surface area (Å²) >= 11 is 1.62. The van der Waals surface area contributed by atoms with Gasteiger partial charge in [-0.3, -0.25) is 0 Å². The van der Waals surface area contributed by atoms with Crippen LogP contribution in [0.2, 0.25) is 0 Å². The number of rotatable bonds is 4. The van der Waals surface area contributed by atoms with E-state index in [2.05, 4.69) is 0 Å². The maximum atomic E-state index is 6.11. The number of thioether (sulfide) groups is 1. The lowest BCUT2D eigenvalue weighted by atomic mass is 9.94. The fourth-order valence-electron chi connectivity index (χ4n) is 1.53. The Bertz CT molecular complexity index is 372. The summed E-state index contributed by atoms with van der Waals surface area (Å²) in [6, 6.07) is 3.91. The van der Waals surface area contributed by atoms with E-state index in [-0.39, 0.29) is 0 Å². The number of benzene rings is 1. The van der Waals surface area contributed by atoms with Gasteiger partial charge < -0.3 is 15.2 Å². The van der Waals surface area contributed by atoms with Crippen LogP contribution in [0.4, 0.5) is 0 Å². The van der Waals surface area contributed by atoms with Gasteiger partial charge in [-0.15, -0.1) is 11.8 Å². The molecule has 0 atom stereocenters. The molecular formula is C12H19NO2S. The van der Waals surface area contributed by atoms with Gasteiger partial charge in [-0.1, -0.05) is 0 Å². The number of methoxy groups -OCH3 is 2. The standard InChI is InChI=1S/C12H19NO2S/c1-12(2,13)8-6-10(15-4)11(16-5)7-9(8)14-3/h6-7H,13H2,1-5H3. The summed E-state index contributed by atoms with van der Waals surface area (Å²) in [4.78, 5) is 1.05. The first-order valence-electron chi connectivity index (χ1n) is 5.03. The summed E-state index contributed by atoms with van der Waals surface area (Å²) in [6.45, 7) is 3.89. The summed E-state index contributed by atoms with van der Waals surface area (Å²) < 4.78 is 10.7. The van der Waals surface area contributed by atoms with Crippen LogP contribution in [0.3, 0.4) is 0 Å². The van der Waals surface area contributed by atoms with E-state index >= 15 is 0 Å². The zero-order valence-corrected chi connectivity index (χ0v) is 11.3. The topological polar surface area (TPSA) is 44.5 Å². The maximum Gasteiger partial charge on any atom is 0.133 e. The minimum absolute atomic E-state index is 0.449. The number of nitrogens with two attached hydrogens (primary N) is 1. The number of hydrogen-bond donors (Lipinski definition) is 1. The van der Waals surface area contributed by atoms with Crippen LogP contribution < -0.4 is 15.2 Å². The molecule has 3 nitrogen and oxygen atoms in total. The Morgan fingerprint density at radius 1 is 1.12 bits per heavy atom. The van der Waals surface area contributed by atoms with E-state index in [9.17, 15) is 0 Å². The Morgan fingerprint density at radius 2 is 1.69 bits per heavy atom. The van der Waals surface area contributed by atoms with Gasteiger partial charge in [0.15, 0.2) is 0 Å². The molecule has 1 aromatic carbocycles. The fraction of sp³-hybridized carbons (Fsp3) is 0.500. The molecule has 0 unspecified atom stereocenters. The van der Waals surface area contributed by atoms with Crippen molar-refractivity contribution >= 4 is 11.8 Å². The van der Waals surface area contributed by atoms with E-state index in [0.717, 1.165) is 22.0 Å². The van der Waals surface area contributed by atoms with Gasteiger partial charge in [-0.05, 0) is 32.2 Å². The Kier molecular flexibility index (Phi) is 4.10. The SMILES string of the molecule is COc1cc(C(C)(C)N)c(OC)cc1SC. The third kappa shape index (κ3) is 2.62. The summed E-state index contributed by atoms with van der Waals surface area (Å²) in [6.07, 6.45) is 2.00. The third-order valence-electron chi connectivity index (χ3n) is 2.40. The van der Waals surface area contributed by atoms with E-state index in [1.807, 2.05) is 32.2 Å². The Morgan fingerprint density at radius 3 is 2.06 bits per heavy atom. The maximum absolute atomic E-state index is 6.11. The summed E-state index contributed by atoms with van der Waals surface area (Å²) in [7, 11) is 3.32. The van der Waals surface area contributed by atoms with Crippen LogP contribution in [0.25, 0.3) is 0 Å². The van der Waals surface area contributed by atoms with Crippen molar-refractivity contribution in [2.45, 2.75) is 24.3 Å². The van der Waals surface area contributed by atoms with Crippen LogP contribution in [0, 0.1) is 0 Å². The van der Waals surface area contributed by atoms with Gasteiger partial charge in [0.2, 0.25) is 0 Å². The largest absolute Gasteiger partial charge is 0.496 e. The smallest absolute Gasteiger partial charge is 0.133 e. The lowest BCUT2D eigenvalue weighted by molar-refractivity contribution is 0.379. The van der Waals surface area contributed by atoms with Gasteiger partial charge in [0.05, 0.1) is 19.1 Å². The molecule has 0 aliphatic rings. The van der Waals surface area contributed by atoms with E-state index in [1.165, 1.54) is 0 Å². The number of ether oxygens (including phenoxy) is 2. The van der Waals surface area contributed by atoms with Crippen LogP contribution >= 0.6 is 11.8 Å². The molecule has 90 valence electrons. The van der Waals surface area contributed by atoms with Crippen LogP contribution in [-0.4, -0.2) is 20.5 Å². The monoisotopic (exact) mass is 241 g/mol. The normalized spacial score (nSPS) is 11.4. The molecule has 16 heavy (non-hydrogen) atoms. The second-order valence-corrected chi connectivity index (χ2v) is 4.98. The molecule has 1 rings (SSSR count). The predicted molar refractivity (Wildman–Crippen MR) is 68.5 cm³/mol. The van der Waals surface area contributed by atoms with E-state index in [0.29, 0.717) is 0 Å². The van der Waals surface area contributed by atoms with Gasteiger partial charge in [-0.2, -0.15) is 0 Å². The lowest BCUT2D eigenvalue weighted by Gasteiger charge is -2.23. The van der Waals surface area contributed by atoms with Gasteiger partial charge in [-0.25, -0.2) is 0 Å². The van der Waals surface area contributed by atoms with Crippen LogP contribution in [0.15, 0.2) is 17.0 Å². The summed E-state index contributed by atoms with van der Waals surface area (Å²) in [5.41, 5.74) is 6.61. The highest BCUT2D eigenvalue weighted by Crippen LogP contribution is 2.38. The first-order valence-corrected chi connectivity index (χ1v) is 6.26. The molecule has 0 amide bonds. The molecule has 0 radical (unpaired) electrons. The van der Waals surface area contributed by atoms with Crippen molar-refractivity contribution in [1.29, 1.82) is 0 Å². The fourth-order valence-corrected chi connectivity index (χ4v) is 2.10. The molecule has 0 aliphatic heterocycles. The van der Waals surface area contributed by atoms with Crippen molar-refractivity contribution in [2.24, 2.45) is 5.73 Å². The molecule has 0 aromatic heterocycles. The zero-order valence-electron chi connectivity index (χ0n) is 10.5. The average Bonchev–Trinajstić information content (AvgIpc) is 2.25. The first kappa shape index (κ1) is 13.2. The molecule has 0 fully saturated rings. The highest BCUT2D eigenvalue weighted by Gasteiger charge is 2.21. The molecule has 4 heteroatoms. The molecule has 0 saturated carbocycles. The average molecular weight is 241 g/mol. The van der Waals surface area contributed by atoms with Gasteiger partial charge >= 0.3 is 0 Å². The Balaban J connectivity index is 3.38. The minimum Gasteiger partial charge on any atom is -0.496 e. The van der Waals surface area contributed by atoms with E-state index in [1.54, 1.807) is 26.0 Å². The lowest BCUT2D eigenvalue weighted by Crippen LogP contribution is -2.29. The zero-order chi connectivity index (χ0) is 12.3. The highest BCUT2D eigenvalue weighted by molar-refractivity contribution is 7.98. The molecule has 0 aliphatic carbocycles. The van der Waals surface area contributed by atoms with E-state index < -0.39 is 5.54 Å². The Hall–Kier alpha value is -0.870. The van der Waals surface area contributed by atoms with Crippen molar-refractivity contribution in [3.8, 4) is 11.5 Å². The molecule has 0 spiro atoms. The second-order valence-electron chi connectivity index (χ2n) is 4.13. The number of hydrogen-bond acceptors (Lipinski definition) is 4. The molecule has 2 N–H and O–H groups in total. The summed E-state index contributed by atoms with van der Waals surface area (Å²) in [5.74, 6) is 1.64. The quantitative estimate of drug-likeness (QED) is 0.823. The van der Waals surface area contributed by atoms with Crippen LogP contribution in [-0.2, 0) is 5.54 Å². The Labute approximate surface area is 101 Å². The minimum atomic E-state index is -0.449. The van der Waals surface area contributed by atoms with Gasteiger partial charge in [0.25, 0.3) is 0 Å². The molecule has 0 bridgehead atoms. The van der Waals surface area contributed by atoms with Crippen molar-refractivity contribution in [3.05, 3.63) is 17.7 Å². The first-order chi connectivity index (χ1) is 7.43. The molecule has 0 heterocycles. The molecule has 1 aromatic rings. The van der Waals surface area contributed by atoms with E-state index in [4.69, 9.17) is 15.2 Å². The second kappa shape index (κ2) is 4.97. The van der Waals surface area contributed by atoms with Crippen LogP contribution in [0.1, 0.15) is 19.4 Å².